The van der Waals surface area contributed by atoms with E-state index in [4.69, 9.17) is 27.9 Å². The number of ether oxygens (including phenoxy) is 1. The van der Waals surface area contributed by atoms with E-state index in [1.165, 1.54) is 5.56 Å². The molecule has 0 saturated heterocycles. The van der Waals surface area contributed by atoms with Crippen molar-refractivity contribution >= 4 is 44.8 Å². The highest BCUT2D eigenvalue weighted by Crippen LogP contribution is 2.27. The van der Waals surface area contributed by atoms with Gasteiger partial charge in [-0.2, -0.15) is 0 Å². The minimum atomic E-state index is 0.427. The van der Waals surface area contributed by atoms with Crippen molar-refractivity contribution in [2.24, 2.45) is 0 Å². The Hall–Kier alpha value is -1.68. The van der Waals surface area contributed by atoms with Crippen molar-refractivity contribution in [1.29, 1.82) is 0 Å². The number of nitrogens with one attached hydrogen (secondary N) is 1. The highest BCUT2D eigenvalue weighted by molar-refractivity contribution is 9.10. The van der Waals surface area contributed by atoms with Gasteiger partial charge < -0.3 is 10.1 Å². The minimum Gasteiger partial charge on any atom is -0.489 e. The zero-order valence-corrected chi connectivity index (χ0v) is 17.3. The normalized spacial score (nSPS) is 10.6. The monoisotopic (exact) mass is 449 g/mol. The van der Waals surface area contributed by atoms with Gasteiger partial charge in [-0.1, -0.05) is 62.9 Å². The molecule has 0 atom stereocenters. The number of hydrogen-bond acceptors (Lipinski definition) is 2. The molecule has 26 heavy (non-hydrogen) atoms. The lowest BCUT2D eigenvalue weighted by molar-refractivity contribution is 0.303. The molecule has 5 heteroatoms. The molecular weight excluding hydrogens is 433 g/mol. The summed E-state index contributed by atoms with van der Waals surface area (Å²) in [6.07, 6.45) is 0. The summed E-state index contributed by atoms with van der Waals surface area (Å²) in [4.78, 5) is 0. The Morgan fingerprint density at radius 2 is 1.69 bits per heavy atom. The Labute approximate surface area is 172 Å². The van der Waals surface area contributed by atoms with Crippen LogP contribution in [0, 0.1) is 6.92 Å². The molecule has 0 fully saturated rings. The summed E-state index contributed by atoms with van der Waals surface area (Å²) in [6, 6.07) is 19.8. The molecule has 3 aromatic rings. The van der Waals surface area contributed by atoms with Crippen LogP contribution in [0.2, 0.25) is 10.0 Å². The first-order valence-corrected chi connectivity index (χ1v) is 9.72. The van der Waals surface area contributed by atoms with Crippen LogP contribution in [0.1, 0.15) is 16.7 Å². The van der Waals surface area contributed by atoms with E-state index in [2.05, 4.69) is 58.5 Å². The van der Waals surface area contributed by atoms with Crippen LogP contribution in [0.5, 0.6) is 5.75 Å². The third kappa shape index (κ3) is 5.16. The number of halogens is 3. The van der Waals surface area contributed by atoms with Crippen LogP contribution < -0.4 is 10.1 Å². The average molecular weight is 451 g/mol. The van der Waals surface area contributed by atoms with Crippen LogP contribution in [0.15, 0.2) is 65.1 Å². The van der Waals surface area contributed by atoms with Crippen molar-refractivity contribution in [2.45, 2.75) is 20.1 Å². The highest BCUT2D eigenvalue weighted by atomic mass is 79.9. The first-order chi connectivity index (χ1) is 12.5. The second-order valence-corrected chi connectivity index (χ2v) is 7.74. The second kappa shape index (κ2) is 8.81. The molecule has 2 nitrogen and oxygen atoms in total. The Bertz CT molecular complexity index is 897. The highest BCUT2D eigenvalue weighted by Gasteiger charge is 2.07. The molecule has 3 rings (SSSR count). The molecule has 0 amide bonds. The maximum Gasteiger partial charge on any atom is 0.124 e. The SMILES string of the molecule is Cc1ccc(NCc2cc(Br)ccc2OCc2ccc(Cl)c(Cl)c2)cc1. The number of hydrogen-bond donors (Lipinski definition) is 1. The fourth-order valence-corrected chi connectivity index (χ4v) is 3.22. The van der Waals surface area contributed by atoms with E-state index in [1.54, 1.807) is 6.07 Å². The lowest BCUT2D eigenvalue weighted by Crippen LogP contribution is -2.04. The summed E-state index contributed by atoms with van der Waals surface area (Å²) in [5.41, 5.74) is 4.36. The van der Waals surface area contributed by atoms with Crippen LogP contribution in [-0.4, -0.2) is 0 Å². The van der Waals surface area contributed by atoms with E-state index < -0.39 is 0 Å². The number of anilines is 1. The third-order valence-electron chi connectivity index (χ3n) is 3.94. The minimum absolute atomic E-state index is 0.427. The van der Waals surface area contributed by atoms with Gasteiger partial charge >= 0.3 is 0 Å². The van der Waals surface area contributed by atoms with Crippen LogP contribution >= 0.6 is 39.1 Å². The Morgan fingerprint density at radius 1 is 0.923 bits per heavy atom. The van der Waals surface area contributed by atoms with Crippen molar-refractivity contribution in [2.75, 3.05) is 5.32 Å². The molecule has 0 aliphatic heterocycles. The molecule has 1 N–H and O–H groups in total. The van der Waals surface area contributed by atoms with Crippen molar-refractivity contribution in [3.8, 4) is 5.75 Å². The molecule has 0 spiro atoms. The Balaban J connectivity index is 1.70. The van der Waals surface area contributed by atoms with Gasteiger partial charge in [0, 0.05) is 22.3 Å². The second-order valence-electron chi connectivity index (χ2n) is 6.01. The number of rotatable bonds is 6. The van der Waals surface area contributed by atoms with Gasteiger partial charge in [0.2, 0.25) is 0 Å². The maximum absolute atomic E-state index is 6.07. The molecule has 0 bridgehead atoms. The largest absolute Gasteiger partial charge is 0.489 e. The first kappa shape index (κ1) is 19.1. The molecule has 0 aromatic heterocycles. The lowest BCUT2D eigenvalue weighted by atomic mass is 10.1. The van der Waals surface area contributed by atoms with Gasteiger partial charge in [0.25, 0.3) is 0 Å². The predicted molar refractivity (Wildman–Crippen MR) is 113 cm³/mol. The van der Waals surface area contributed by atoms with Crippen LogP contribution in [0.4, 0.5) is 5.69 Å². The molecule has 0 saturated carbocycles. The van der Waals surface area contributed by atoms with Gasteiger partial charge in [-0.25, -0.2) is 0 Å². The molecule has 0 radical (unpaired) electrons. The zero-order chi connectivity index (χ0) is 18.5. The average Bonchev–Trinajstić information content (AvgIpc) is 2.63. The number of aryl methyl sites for hydroxylation is 1. The van der Waals surface area contributed by atoms with Gasteiger partial charge in [-0.3, -0.25) is 0 Å². The molecular formula is C21H18BrCl2NO. The summed E-state index contributed by atoms with van der Waals surface area (Å²) in [5.74, 6) is 0.832. The van der Waals surface area contributed by atoms with E-state index in [0.29, 0.717) is 23.2 Å². The lowest BCUT2D eigenvalue weighted by Gasteiger charge is -2.14. The molecule has 0 aliphatic rings. The van der Waals surface area contributed by atoms with Crippen molar-refractivity contribution in [3.63, 3.8) is 0 Å². The summed E-state index contributed by atoms with van der Waals surface area (Å²) in [5, 5.41) is 4.51. The van der Waals surface area contributed by atoms with E-state index >= 15 is 0 Å². The van der Waals surface area contributed by atoms with Crippen LogP contribution in [0.3, 0.4) is 0 Å². The van der Waals surface area contributed by atoms with E-state index in [0.717, 1.165) is 27.0 Å². The maximum atomic E-state index is 6.07. The topological polar surface area (TPSA) is 21.3 Å². The molecule has 0 heterocycles. The van der Waals surface area contributed by atoms with E-state index in [9.17, 15) is 0 Å². The van der Waals surface area contributed by atoms with Gasteiger partial charge in [-0.05, 0) is 55.0 Å². The molecule has 3 aromatic carbocycles. The molecule has 0 unspecified atom stereocenters. The van der Waals surface area contributed by atoms with Gasteiger partial charge in [0.15, 0.2) is 0 Å². The van der Waals surface area contributed by atoms with Gasteiger partial charge in [-0.15, -0.1) is 0 Å². The quantitative estimate of drug-likeness (QED) is 0.426. The van der Waals surface area contributed by atoms with Crippen LogP contribution in [-0.2, 0) is 13.2 Å². The van der Waals surface area contributed by atoms with Crippen molar-refractivity contribution in [1.82, 2.24) is 0 Å². The smallest absolute Gasteiger partial charge is 0.124 e. The molecule has 0 aliphatic carbocycles. The zero-order valence-electron chi connectivity index (χ0n) is 14.2. The van der Waals surface area contributed by atoms with E-state index in [1.807, 2.05) is 24.3 Å². The summed E-state index contributed by atoms with van der Waals surface area (Å²) >= 11 is 15.6. The van der Waals surface area contributed by atoms with Crippen molar-refractivity contribution in [3.05, 3.63) is 91.9 Å². The summed E-state index contributed by atoms with van der Waals surface area (Å²) < 4.78 is 7.03. The van der Waals surface area contributed by atoms with Gasteiger partial charge in [0.1, 0.15) is 12.4 Å². The number of benzene rings is 3. The Kier molecular flexibility index (Phi) is 6.47. The Morgan fingerprint density at radius 3 is 2.42 bits per heavy atom. The summed E-state index contributed by atoms with van der Waals surface area (Å²) in [7, 11) is 0. The summed E-state index contributed by atoms with van der Waals surface area (Å²) in [6.45, 7) is 3.17. The standard InChI is InChI=1S/C21H18BrCl2NO/c1-14-2-6-18(7-3-14)25-12-16-11-17(22)5-9-21(16)26-13-15-4-8-19(23)20(24)10-15/h2-11,25H,12-13H2,1H3. The molecule has 134 valence electrons. The predicted octanol–water partition coefficient (Wildman–Crippen LogP) is 7.26. The third-order valence-corrected chi connectivity index (χ3v) is 5.17. The first-order valence-electron chi connectivity index (χ1n) is 8.17. The van der Waals surface area contributed by atoms with Crippen LogP contribution in [0.25, 0.3) is 0 Å². The van der Waals surface area contributed by atoms with Crippen molar-refractivity contribution < 1.29 is 4.74 Å². The van der Waals surface area contributed by atoms with E-state index in [-0.39, 0.29) is 0 Å². The fourth-order valence-electron chi connectivity index (χ4n) is 2.49. The fraction of sp³-hybridized carbons (Fsp3) is 0.143. The van der Waals surface area contributed by atoms with Gasteiger partial charge in [0.05, 0.1) is 10.0 Å².